The number of morpholine rings is 1. The van der Waals surface area contributed by atoms with E-state index >= 15 is 0 Å². The van der Waals surface area contributed by atoms with E-state index in [1.54, 1.807) is 33.5 Å². The quantitative estimate of drug-likeness (QED) is 0.919. The highest BCUT2D eigenvalue weighted by atomic mass is 16.5. The summed E-state index contributed by atoms with van der Waals surface area (Å²) in [6, 6.07) is 3.66. The number of amides is 2. The van der Waals surface area contributed by atoms with Gasteiger partial charge in [-0.15, -0.1) is 0 Å². The molecule has 2 atom stereocenters. The summed E-state index contributed by atoms with van der Waals surface area (Å²) in [5.74, 6) is 1.51. The van der Waals surface area contributed by atoms with E-state index in [-0.39, 0.29) is 18.1 Å². The number of hydrogen-bond acceptors (Lipinski definition) is 5. The number of ether oxygens (including phenoxy) is 4. The van der Waals surface area contributed by atoms with Crippen molar-refractivity contribution in [3.8, 4) is 17.2 Å². The minimum Gasteiger partial charge on any atom is -0.493 e. The molecule has 2 bridgehead atoms. The molecule has 7 heteroatoms. The summed E-state index contributed by atoms with van der Waals surface area (Å²) >= 11 is 0. The van der Waals surface area contributed by atoms with Crippen LogP contribution in [0, 0.1) is 0 Å². The first-order chi connectivity index (χ1) is 11.2. The van der Waals surface area contributed by atoms with Crippen LogP contribution in [0.5, 0.6) is 17.2 Å². The third-order valence-electron chi connectivity index (χ3n) is 4.39. The molecular formula is C16H22N2O5. The summed E-state index contributed by atoms with van der Waals surface area (Å²) in [6.45, 7) is 1.22. The Morgan fingerprint density at radius 1 is 1.09 bits per heavy atom. The van der Waals surface area contributed by atoms with E-state index in [4.69, 9.17) is 18.9 Å². The van der Waals surface area contributed by atoms with Gasteiger partial charge in [-0.05, 0) is 12.8 Å². The predicted molar refractivity (Wildman–Crippen MR) is 84.6 cm³/mol. The Hall–Kier alpha value is -2.15. The lowest BCUT2D eigenvalue weighted by atomic mass is 10.2. The van der Waals surface area contributed by atoms with Crippen molar-refractivity contribution in [1.82, 2.24) is 4.90 Å². The summed E-state index contributed by atoms with van der Waals surface area (Å²) < 4.78 is 21.4. The van der Waals surface area contributed by atoms with Crippen LogP contribution in [-0.2, 0) is 4.74 Å². The van der Waals surface area contributed by atoms with E-state index in [0.717, 1.165) is 12.8 Å². The lowest BCUT2D eigenvalue weighted by Crippen LogP contribution is -2.50. The Morgan fingerprint density at radius 3 is 2.13 bits per heavy atom. The second kappa shape index (κ2) is 6.54. The van der Waals surface area contributed by atoms with Crippen molar-refractivity contribution in [2.45, 2.75) is 24.9 Å². The van der Waals surface area contributed by atoms with Crippen molar-refractivity contribution >= 4 is 11.7 Å². The zero-order valence-electron chi connectivity index (χ0n) is 13.6. The molecule has 1 aromatic carbocycles. The summed E-state index contributed by atoms with van der Waals surface area (Å²) in [6.07, 6.45) is 1.99. The van der Waals surface area contributed by atoms with Gasteiger partial charge >= 0.3 is 6.03 Å². The first-order valence-electron chi connectivity index (χ1n) is 7.65. The van der Waals surface area contributed by atoms with Gasteiger partial charge in [0.15, 0.2) is 11.5 Å². The summed E-state index contributed by atoms with van der Waals surface area (Å²) in [5.41, 5.74) is 0.607. The standard InChI is InChI=1S/C16H22N2O5/c1-20-13-6-10(7-14(21-2)15(13)22-3)17-16(19)18-11-4-5-12(18)9-23-8-11/h6-7,11-12H,4-5,8-9H2,1-3H3,(H,17,19)/t11-,12-/m1/s1. The van der Waals surface area contributed by atoms with E-state index < -0.39 is 0 Å². The zero-order valence-corrected chi connectivity index (χ0v) is 13.6. The molecule has 2 saturated heterocycles. The molecule has 0 aromatic heterocycles. The van der Waals surface area contributed by atoms with Gasteiger partial charge < -0.3 is 29.2 Å². The van der Waals surface area contributed by atoms with E-state index in [0.29, 0.717) is 36.1 Å². The molecule has 0 aliphatic carbocycles. The molecule has 0 spiro atoms. The third-order valence-corrected chi connectivity index (χ3v) is 4.39. The van der Waals surface area contributed by atoms with Crippen molar-refractivity contribution in [2.75, 3.05) is 39.9 Å². The molecule has 2 amide bonds. The Morgan fingerprint density at radius 2 is 1.65 bits per heavy atom. The zero-order chi connectivity index (χ0) is 16.4. The number of hydrogen-bond donors (Lipinski definition) is 1. The van der Waals surface area contributed by atoms with Crippen LogP contribution < -0.4 is 19.5 Å². The smallest absolute Gasteiger partial charge is 0.322 e. The summed E-state index contributed by atoms with van der Waals surface area (Å²) in [4.78, 5) is 14.5. The van der Waals surface area contributed by atoms with Crippen molar-refractivity contribution in [3.63, 3.8) is 0 Å². The second-order valence-corrected chi connectivity index (χ2v) is 5.67. The monoisotopic (exact) mass is 322 g/mol. The number of carbonyl (C=O) groups is 1. The molecule has 2 aliphatic rings. The minimum absolute atomic E-state index is 0.116. The van der Waals surface area contributed by atoms with Crippen LogP contribution in [0.15, 0.2) is 12.1 Å². The Balaban J connectivity index is 1.81. The summed E-state index contributed by atoms with van der Waals surface area (Å²) in [7, 11) is 4.64. The fourth-order valence-corrected chi connectivity index (χ4v) is 3.30. The number of carbonyl (C=O) groups excluding carboxylic acids is 1. The Labute approximate surface area is 135 Å². The number of methoxy groups -OCH3 is 3. The highest BCUT2D eigenvalue weighted by Crippen LogP contribution is 2.40. The van der Waals surface area contributed by atoms with Crippen molar-refractivity contribution in [3.05, 3.63) is 12.1 Å². The molecular weight excluding hydrogens is 300 g/mol. The number of urea groups is 1. The molecule has 3 rings (SSSR count). The van der Waals surface area contributed by atoms with Crippen LogP contribution in [0.25, 0.3) is 0 Å². The van der Waals surface area contributed by atoms with Crippen molar-refractivity contribution in [1.29, 1.82) is 0 Å². The van der Waals surface area contributed by atoms with Gasteiger partial charge in [0.1, 0.15) is 0 Å². The summed E-state index contributed by atoms with van der Waals surface area (Å²) in [5, 5.41) is 2.93. The maximum absolute atomic E-state index is 12.6. The van der Waals surface area contributed by atoms with Crippen LogP contribution in [0.4, 0.5) is 10.5 Å². The van der Waals surface area contributed by atoms with Crippen molar-refractivity contribution in [2.24, 2.45) is 0 Å². The predicted octanol–water partition coefficient (Wildman–Crippen LogP) is 2.11. The number of anilines is 1. The van der Waals surface area contributed by atoms with Gasteiger partial charge in [-0.25, -0.2) is 4.79 Å². The first kappa shape index (κ1) is 15.7. The number of rotatable bonds is 4. The van der Waals surface area contributed by atoms with Gasteiger partial charge in [0.25, 0.3) is 0 Å². The molecule has 0 radical (unpaired) electrons. The van der Waals surface area contributed by atoms with Crippen LogP contribution >= 0.6 is 0 Å². The fourth-order valence-electron chi connectivity index (χ4n) is 3.30. The molecule has 23 heavy (non-hydrogen) atoms. The van der Waals surface area contributed by atoms with Gasteiger partial charge in [-0.3, -0.25) is 0 Å². The number of benzene rings is 1. The minimum atomic E-state index is -0.116. The average Bonchev–Trinajstić information content (AvgIpc) is 2.83. The molecule has 1 aromatic rings. The van der Waals surface area contributed by atoms with E-state index in [2.05, 4.69) is 5.32 Å². The lowest BCUT2D eigenvalue weighted by molar-refractivity contribution is 0.00949. The molecule has 0 saturated carbocycles. The molecule has 2 heterocycles. The van der Waals surface area contributed by atoms with Crippen LogP contribution in [0.1, 0.15) is 12.8 Å². The Bertz CT molecular complexity index is 551. The van der Waals surface area contributed by atoms with Crippen molar-refractivity contribution < 1.29 is 23.7 Å². The maximum atomic E-state index is 12.6. The van der Waals surface area contributed by atoms with Gasteiger partial charge in [0.05, 0.1) is 52.3 Å². The second-order valence-electron chi connectivity index (χ2n) is 5.67. The van der Waals surface area contributed by atoms with E-state index in [1.165, 1.54) is 0 Å². The van der Waals surface area contributed by atoms with Gasteiger partial charge in [0.2, 0.25) is 5.75 Å². The van der Waals surface area contributed by atoms with Gasteiger partial charge in [0, 0.05) is 12.1 Å². The molecule has 0 unspecified atom stereocenters. The van der Waals surface area contributed by atoms with Gasteiger partial charge in [-0.2, -0.15) is 0 Å². The molecule has 2 aliphatic heterocycles. The first-order valence-corrected chi connectivity index (χ1v) is 7.65. The molecule has 7 nitrogen and oxygen atoms in total. The number of nitrogens with one attached hydrogen (secondary N) is 1. The highest BCUT2D eigenvalue weighted by molar-refractivity contribution is 5.91. The molecule has 1 N–H and O–H groups in total. The Kier molecular flexibility index (Phi) is 4.47. The maximum Gasteiger partial charge on any atom is 0.322 e. The van der Waals surface area contributed by atoms with Crippen LogP contribution in [0.2, 0.25) is 0 Å². The normalized spacial score (nSPS) is 22.7. The molecule has 2 fully saturated rings. The van der Waals surface area contributed by atoms with Crippen LogP contribution in [0.3, 0.4) is 0 Å². The largest absolute Gasteiger partial charge is 0.493 e. The topological polar surface area (TPSA) is 69.3 Å². The SMILES string of the molecule is COc1cc(NC(=O)N2[C@@H]3CC[C@@H]2COC3)cc(OC)c1OC. The fraction of sp³-hybridized carbons (Fsp3) is 0.562. The number of fused-ring (bicyclic) bond motifs is 2. The lowest BCUT2D eigenvalue weighted by Gasteiger charge is -2.34. The molecule has 126 valence electrons. The van der Waals surface area contributed by atoms with E-state index in [9.17, 15) is 4.79 Å². The number of nitrogens with zero attached hydrogens (tertiary/aromatic N) is 1. The van der Waals surface area contributed by atoms with Crippen LogP contribution in [-0.4, -0.2) is 57.6 Å². The van der Waals surface area contributed by atoms with Gasteiger partial charge in [-0.1, -0.05) is 0 Å². The van der Waals surface area contributed by atoms with E-state index in [1.807, 2.05) is 4.90 Å². The average molecular weight is 322 g/mol. The highest BCUT2D eigenvalue weighted by Gasteiger charge is 2.40. The third kappa shape index (κ3) is 2.88.